The van der Waals surface area contributed by atoms with Gasteiger partial charge in [-0.1, -0.05) is 6.92 Å². The number of ether oxygens (including phenoxy) is 1. The van der Waals surface area contributed by atoms with E-state index in [9.17, 15) is 0 Å². The van der Waals surface area contributed by atoms with Gasteiger partial charge in [-0.05, 0) is 26.3 Å². The van der Waals surface area contributed by atoms with E-state index in [0.29, 0.717) is 6.04 Å². The molecule has 1 atom stereocenters. The summed E-state index contributed by atoms with van der Waals surface area (Å²) in [5.41, 5.74) is 0. The zero-order chi connectivity index (χ0) is 11.6. The number of rotatable bonds is 9. The molecule has 0 aliphatic heterocycles. The van der Waals surface area contributed by atoms with Crippen LogP contribution in [0.1, 0.15) is 31.7 Å². The van der Waals surface area contributed by atoms with Crippen molar-refractivity contribution in [1.29, 1.82) is 0 Å². The van der Waals surface area contributed by atoms with Crippen LogP contribution >= 0.6 is 11.3 Å². The van der Waals surface area contributed by atoms with Crippen LogP contribution in [0.5, 0.6) is 0 Å². The number of aromatic nitrogens is 1. The second-order valence-corrected chi connectivity index (χ2v) is 4.75. The minimum Gasteiger partial charge on any atom is -0.382 e. The highest BCUT2D eigenvalue weighted by atomic mass is 32.1. The molecule has 0 spiro atoms. The van der Waals surface area contributed by atoms with Gasteiger partial charge in [0.2, 0.25) is 0 Å². The molecular weight excluding hydrogens is 220 g/mol. The fourth-order valence-electron chi connectivity index (χ4n) is 1.56. The molecule has 4 heteroatoms. The molecule has 3 nitrogen and oxygen atoms in total. The maximum Gasteiger partial charge on any atom is 0.0940 e. The Labute approximate surface area is 102 Å². The first-order valence-corrected chi connectivity index (χ1v) is 6.94. The second-order valence-electron chi connectivity index (χ2n) is 3.77. The quantitative estimate of drug-likeness (QED) is 0.676. The van der Waals surface area contributed by atoms with Crippen molar-refractivity contribution in [3.63, 3.8) is 0 Å². The fourth-order valence-corrected chi connectivity index (χ4v) is 2.26. The van der Waals surface area contributed by atoms with Gasteiger partial charge in [-0.2, -0.15) is 0 Å². The Bertz CT molecular complexity index is 252. The molecule has 0 bridgehead atoms. The van der Waals surface area contributed by atoms with Crippen molar-refractivity contribution in [1.82, 2.24) is 10.3 Å². The van der Waals surface area contributed by atoms with E-state index in [1.54, 1.807) is 11.3 Å². The summed E-state index contributed by atoms with van der Waals surface area (Å²) in [7, 11) is 0. The monoisotopic (exact) mass is 242 g/mol. The summed E-state index contributed by atoms with van der Waals surface area (Å²) >= 11 is 1.73. The van der Waals surface area contributed by atoms with Gasteiger partial charge in [-0.25, -0.2) is 4.98 Å². The molecule has 0 radical (unpaired) electrons. The fraction of sp³-hybridized carbons (Fsp3) is 0.750. The first-order valence-electron chi connectivity index (χ1n) is 6.06. The Morgan fingerprint density at radius 1 is 1.50 bits per heavy atom. The molecule has 92 valence electrons. The Hall–Kier alpha value is -0.450. The van der Waals surface area contributed by atoms with E-state index < -0.39 is 0 Å². The average molecular weight is 242 g/mol. The van der Waals surface area contributed by atoms with Crippen molar-refractivity contribution < 1.29 is 4.74 Å². The number of thiazole rings is 1. The first-order chi connectivity index (χ1) is 7.86. The largest absolute Gasteiger partial charge is 0.382 e. The van der Waals surface area contributed by atoms with Gasteiger partial charge >= 0.3 is 0 Å². The molecule has 1 rings (SSSR count). The summed E-state index contributed by atoms with van der Waals surface area (Å²) in [5, 5.41) is 6.80. The van der Waals surface area contributed by atoms with Crippen LogP contribution in [0.2, 0.25) is 0 Å². The lowest BCUT2D eigenvalue weighted by Gasteiger charge is -2.17. The molecule has 0 aliphatic rings. The molecule has 0 aliphatic carbocycles. The van der Waals surface area contributed by atoms with Gasteiger partial charge in [0.25, 0.3) is 0 Å². The minimum absolute atomic E-state index is 0.498. The summed E-state index contributed by atoms with van der Waals surface area (Å²) in [6.07, 6.45) is 5.13. The van der Waals surface area contributed by atoms with Crippen LogP contribution < -0.4 is 5.32 Å². The maximum atomic E-state index is 5.41. The summed E-state index contributed by atoms with van der Waals surface area (Å²) in [4.78, 5) is 4.33. The van der Waals surface area contributed by atoms with Gasteiger partial charge in [0.15, 0.2) is 0 Å². The van der Waals surface area contributed by atoms with Gasteiger partial charge < -0.3 is 10.1 Å². The van der Waals surface area contributed by atoms with Gasteiger partial charge in [0, 0.05) is 37.3 Å². The molecule has 0 fully saturated rings. The lowest BCUT2D eigenvalue weighted by Crippen LogP contribution is -2.33. The smallest absolute Gasteiger partial charge is 0.0940 e. The summed E-state index contributed by atoms with van der Waals surface area (Å²) in [5.74, 6) is 0. The topological polar surface area (TPSA) is 34.1 Å². The highest BCUT2D eigenvalue weighted by Crippen LogP contribution is 2.09. The molecule has 0 saturated heterocycles. The van der Waals surface area contributed by atoms with Crippen LogP contribution in [0.4, 0.5) is 0 Å². The van der Waals surface area contributed by atoms with Crippen LogP contribution in [0, 0.1) is 0 Å². The van der Waals surface area contributed by atoms with Crippen LogP contribution in [-0.2, 0) is 11.2 Å². The first kappa shape index (κ1) is 13.6. The summed E-state index contributed by atoms with van der Waals surface area (Å²) in [6.45, 7) is 6.94. The van der Waals surface area contributed by atoms with Crippen molar-refractivity contribution in [2.75, 3.05) is 19.8 Å². The summed E-state index contributed by atoms with van der Waals surface area (Å²) < 4.78 is 5.41. The van der Waals surface area contributed by atoms with Crippen LogP contribution in [-0.4, -0.2) is 30.8 Å². The zero-order valence-electron chi connectivity index (χ0n) is 10.2. The third-order valence-corrected chi connectivity index (χ3v) is 3.20. The lowest BCUT2D eigenvalue weighted by molar-refractivity contribution is 0.136. The number of hydrogen-bond acceptors (Lipinski definition) is 4. The Kier molecular flexibility index (Phi) is 7.38. The molecule has 1 aromatic rings. The summed E-state index contributed by atoms with van der Waals surface area (Å²) in [6, 6.07) is 0.498. The van der Waals surface area contributed by atoms with Gasteiger partial charge in [-0.3, -0.25) is 0 Å². The van der Waals surface area contributed by atoms with E-state index in [1.165, 1.54) is 11.4 Å². The van der Waals surface area contributed by atoms with Crippen molar-refractivity contribution in [3.8, 4) is 0 Å². The minimum atomic E-state index is 0.498. The molecule has 1 aromatic heterocycles. The molecule has 1 N–H and O–H groups in total. The van der Waals surface area contributed by atoms with E-state index in [0.717, 1.165) is 32.6 Å². The van der Waals surface area contributed by atoms with Gasteiger partial charge in [0.1, 0.15) is 0 Å². The Balaban J connectivity index is 2.31. The molecule has 1 heterocycles. The van der Waals surface area contributed by atoms with Crippen molar-refractivity contribution in [2.24, 2.45) is 0 Å². The standard InChI is InChI=1S/C12H22N2OS/c1-3-6-13-11(5-8-15-4-2)10-12-14-7-9-16-12/h7,9,11,13H,3-6,8,10H2,1-2H3. The Morgan fingerprint density at radius 2 is 2.38 bits per heavy atom. The normalized spacial score (nSPS) is 12.9. The predicted octanol–water partition coefficient (Wildman–Crippen LogP) is 2.48. The van der Waals surface area contributed by atoms with Crippen molar-refractivity contribution in [2.45, 2.75) is 39.2 Å². The van der Waals surface area contributed by atoms with E-state index in [-0.39, 0.29) is 0 Å². The number of hydrogen-bond donors (Lipinski definition) is 1. The zero-order valence-corrected chi connectivity index (χ0v) is 11.1. The van der Waals surface area contributed by atoms with Crippen LogP contribution in [0.25, 0.3) is 0 Å². The van der Waals surface area contributed by atoms with Crippen molar-refractivity contribution in [3.05, 3.63) is 16.6 Å². The van der Waals surface area contributed by atoms with Crippen molar-refractivity contribution >= 4 is 11.3 Å². The van der Waals surface area contributed by atoms with E-state index in [2.05, 4.69) is 17.2 Å². The third-order valence-electron chi connectivity index (χ3n) is 2.40. The number of nitrogens with one attached hydrogen (secondary N) is 1. The maximum absolute atomic E-state index is 5.41. The van der Waals surface area contributed by atoms with Crippen LogP contribution in [0.3, 0.4) is 0 Å². The molecule has 0 saturated carbocycles. The van der Waals surface area contributed by atoms with E-state index in [4.69, 9.17) is 4.74 Å². The Morgan fingerprint density at radius 3 is 3.00 bits per heavy atom. The molecule has 0 aromatic carbocycles. The van der Waals surface area contributed by atoms with Crippen LogP contribution in [0.15, 0.2) is 11.6 Å². The average Bonchev–Trinajstić information content (AvgIpc) is 2.78. The van der Waals surface area contributed by atoms with E-state index in [1.807, 2.05) is 18.5 Å². The third kappa shape index (κ3) is 5.58. The van der Waals surface area contributed by atoms with Gasteiger partial charge in [0.05, 0.1) is 5.01 Å². The lowest BCUT2D eigenvalue weighted by atomic mass is 10.1. The SMILES string of the molecule is CCCNC(CCOCC)Cc1nccs1. The van der Waals surface area contributed by atoms with Gasteiger partial charge in [-0.15, -0.1) is 11.3 Å². The molecule has 16 heavy (non-hydrogen) atoms. The molecular formula is C12H22N2OS. The highest BCUT2D eigenvalue weighted by Gasteiger charge is 2.10. The van der Waals surface area contributed by atoms with E-state index >= 15 is 0 Å². The molecule has 0 amide bonds. The number of nitrogens with zero attached hydrogens (tertiary/aromatic N) is 1. The second kappa shape index (κ2) is 8.67. The highest BCUT2D eigenvalue weighted by molar-refractivity contribution is 7.09. The predicted molar refractivity (Wildman–Crippen MR) is 69.0 cm³/mol. The molecule has 1 unspecified atom stereocenters.